The molecule has 0 N–H and O–H groups in total. The molecule has 8 heteroatoms. The van der Waals surface area contributed by atoms with Crippen LogP contribution in [0, 0.1) is 0 Å². The van der Waals surface area contributed by atoms with E-state index in [1.165, 1.54) is 116 Å². The molecule has 2 unspecified atom stereocenters. The van der Waals surface area contributed by atoms with Gasteiger partial charge < -0.3 is 28.6 Å². The van der Waals surface area contributed by atoms with E-state index < -0.39 is 18.1 Å². The van der Waals surface area contributed by atoms with E-state index >= 15 is 0 Å². The fourth-order valence-electron chi connectivity index (χ4n) is 6.12. The highest BCUT2D eigenvalue weighted by atomic mass is 16.6. The lowest BCUT2D eigenvalue weighted by Gasteiger charge is -2.34. The highest BCUT2D eigenvalue weighted by Crippen LogP contribution is 2.14. The Balaban J connectivity index is 4.32. The molecule has 0 aliphatic carbocycles. The summed E-state index contributed by atoms with van der Waals surface area (Å²) >= 11 is 0. The van der Waals surface area contributed by atoms with Crippen molar-refractivity contribution in [3.05, 3.63) is 12.2 Å². The van der Waals surface area contributed by atoms with E-state index in [-0.39, 0.29) is 42.7 Å². The van der Waals surface area contributed by atoms with Crippen LogP contribution in [0.2, 0.25) is 0 Å². The van der Waals surface area contributed by atoms with Gasteiger partial charge in [0, 0.05) is 19.3 Å². The zero-order valence-corrected chi connectivity index (χ0v) is 33.3. The van der Waals surface area contributed by atoms with E-state index in [1.54, 1.807) is 21.1 Å². The van der Waals surface area contributed by atoms with Crippen molar-refractivity contribution in [1.82, 2.24) is 0 Å². The predicted molar refractivity (Wildman–Crippen MR) is 204 cm³/mol. The van der Waals surface area contributed by atoms with Crippen molar-refractivity contribution >= 4 is 17.9 Å². The fourth-order valence-corrected chi connectivity index (χ4v) is 6.12. The van der Waals surface area contributed by atoms with Gasteiger partial charge in [-0.25, -0.2) is 0 Å². The third kappa shape index (κ3) is 32.0. The summed E-state index contributed by atoms with van der Waals surface area (Å²) in [6.45, 7) is 4.64. The number of carboxylic acid groups (broad SMARTS) is 1. The molecule has 0 fully saturated rings. The van der Waals surface area contributed by atoms with Crippen molar-refractivity contribution in [1.29, 1.82) is 0 Å². The van der Waals surface area contributed by atoms with Crippen molar-refractivity contribution in [2.45, 2.75) is 199 Å². The molecule has 0 aliphatic rings. The minimum absolute atomic E-state index is 0.0438. The van der Waals surface area contributed by atoms with E-state index in [0.29, 0.717) is 12.8 Å². The van der Waals surface area contributed by atoms with Crippen LogP contribution in [0.1, 0.15) is 187 Å². The maximum Gasteiger partial charge on any atom is 0.306 e. The van der Waals surface area contributed by atoms with E-state index in [2.05, 4.69) is 26.0 Å². The molecule has 0 aliphatic heterocycles. The number of carbonyl (C=O) groups excluding carboxylic acids is 3. The van der Waals surface area contributed by atoms with Gasteiger partial charge in [0.15, 0.2) is 6.10 Å². The number of ether oxygens (including phenoxy) is 3. The summed E-state index contributed by atoms with van der Waals surface area (Å²) in [4.78, 5) is 36.7. The molecular weight excluding hydrogens is 630 g/mol. The lowest BCUT2D eigenvalue weighted by atomic mass is 10.1. The van der Waals surface area contributed by atoms with Gasteiger partial charge in [-0.05, 0) is 38.5 Å². The van der Waals surface area contributed by atoms with Gasteiger partial charge in [-0.15, -0.1) is 0 Å². The second-order valence-corrected chi connectivity index (χ2v) is 15.2. The minimum Gasteiger partial charge on any atom is -0.544 e. The number of allylic oxidation sites excluding steroid dienone is 2. The monoisotopic (exact) mass is 710 g/mol. The Hall–Kier alpha value is -1.93. The van der Waals surface area contributed by atoms with E-state index in [4.69, 9.17) is 14.2 Å². The van der Waals surface area contributed by atoms with E-state index in [9.17, 15) is 19.5 Å². The average molecular weight is 710 g/mol. The number of hydrogen-bond acceptors (Lipinski definition) is 7. The van der Waals surface area contributed by atoms with Gasteiger partial charge in [0.05, 0.1) is 40.3 Å². The topological polar surface area (TPSA) is 102 Å². The van der Waals surface area contributed by atoms with Crippen molar-refractivity contribution in [3.8, 4) is 0 Å². The van der Waals surface area contributed by atoms with Crippen LogP contribution in [0.15, 0.2) is 12.2 Å². The quantitative estimate of drug-likeness (QED) is 0.0274. The molecule has 0 bridgehead atoms. The van der Waals surface area contributed by atoms with Gasteiger partial charge >= 0.3 is 11.9 Å². The van der Waals surface area contributed by atoms with E-state index in [1.807, 2.05) is 0 Å². The second kappa shape index (κ2) is 34.2. The highest BCUT2D eigenvalue weighted by molar-refractivity contribution is 5.70. The number of rotatable bonds is 37. The Bertz CT molecular complexity index is 838. The van der Waals surface area contributed by atoms with Crippen LogP contribution < -0.4 is 5.11 Å². The van der Waals surface area contributed by atoms with Crippen molar-refractivity contribution < 1.29 is 38.2 Å². The maximum atomic E-state index is 12.7. The Kier molecular flexibility index (Phi) is 32.9. The first-order chi connectivity index (χ1) is 24.1. The lowest BCUT2D eigenvalue weighted by molar-refractivity contribution is -0.889. The molecule has 0 aromatic carbocycles. The van der Waals surface area contributed by atoms with Gasteiger partial charge in [0.1, 0.15) is 12.6 Å². The molecule has 0 spiro atoms. The van der Waals surface area contributed by atoms with Crippen molar-refractivity contribution in [3.63, 3.8) is 0 Å². The van der Waals surface area contributed by atoms with Crippen molar-refractivity contribution in [2.24, 2.45) is 0 Å². The molecule has 0 aromatic rings. The number of likely N-dealkylation sites (N-methyl/N-ethyl adjacent to an activating group) is 1. The van der Waals surface area contributed by atoms with Gasteiger partial charge in [0.2, 0.25) is 0 Å². The smallest absolute Gasteiger partial charge is 0.306 e. The van der Waals surface area contributed by atoms with Crippen LogP contribution >= 0.6 is 0 Å². The Morgan fingerprint density at radius 2 is 1.00 bits per heavy atom. The largest absolute Gasteiger partial charge is 0.544 e. The standard InChI is InChI=1S/C42H79NO7/c1-6-8-10-12-14-16-17-18-19-20-21-22-23-25-27-29-31-33-41(45)50-38(36-48-35-34-39(42(46)47)43(3,4)5)37-49-40(44)32-30-28-26-24-15-13-11-9-7-2/h18-19,38-39H,6-17,20-37H2,1-5H3/b19-18-. The summed E-state index contributed by atoms with van der Waals surface area (Å²) in [5, 5.41) is 11.6. The van der Waals surface area contributed by atoms with Crippen LogP contribution in [0.5, 0.6) is 0 Å². The summed E-state index contributed by atoms with van der Waals surface area (Å²) in [6, 6.07) is -0.721. The van der Waals surface area contributed by atoms with E-state index in [0.717, 1.165) is 38.5 Å². The third-order valence-corrected chi connectivity index (χ3v) is 9.40. The molecule has 294 valence electrons. The Morgan fingerprint density at radius 1 is 0.580 bits per heavy atom. The summed E-state index contributed by atoms with van der Waals surface area (Å²) in [5.74, 6) is -1.73. The summed E-state index contributed by atoms with van der Waals surface area (Å²) in [7, 11) is 5.40. The summed E-state index contributed by atoms with van der Waals surface area (Å²) in [6.07, 6.45) is 33.8. The average Bonchev–Trinajstić information content (AvgIpc) is 3.06. The first kappa shape index (κ1) is 48.1. The summed E-state index contributed by atoms with van der Waals surface area (Å²) < 4.78 is 17.1. The molecule has 0 heterocycles. The van der Waals surface area contributed by atoms with Gasteiger partial charge in [0.25, 0.3) is 0 Å². The zero-order chi connectivity index (χ0) is 37.1. The number of nitrogens with zero attached hydrogens (tertiary/aromatic N) is 1. The fraction of sp³-hybridized carbons (Fsp3) is 0.881. The highest BCUT2D eigenvalue weighted by Gasteiger charge is 2.25. The predicted octanol–water partition coefficient (Wildman–Crippen LogP) is 9.41. The van der Waals surface area contributed by atoms with Crippen LogP contribution in [-0.2, 0) is 28.6 Å². The minimum atomic E-state index is -1.12. The van der Waals surface area contributed by atoms with Gasteiger partial charge in [-0.1, -0.05) is 142 Å². The second-order valence-electron chi connectivity index (χ2n) is 15.2. The Labute approximate surface area is 308 Å². The van der Waals surface area contributed by atoms with Crippen LogP contribution in [-0.4, -0.2) is 75.5 Å². The number of carboxylic acids is 1. The molecule has 0 saturated carbocycles. The molecule has 0 saturated heterocycles. The number of aliphatic carboxylic acids is 1. The molecular formula is C42H79NO7. The van der Waals surface area contributed by atoms with Crippen LogP contribution in [0.25, 0.3) is 0 Å². The molecule has 0 radical (unpaired) electrons. The molecule has 0 aromatic heterocycles. The maximum absolute atomic E-state index is 12.7. The number of esters is 2. The SMILES string of the molecule is CCCCCCCC/C=C\CCCCCCCCCC(=O)OC(COCCC(C(=O)[O-])[N+](C)(C)C)COC(=O)CCCCCCCCCCC. The number of quaternary nitrogens is 1. The number of hydrogen-bond donors (Lipinski definition) is 0. The molecule has 0 amide bonds. The van der Waals surface area contributed by atoms with Crippen LogP contribution in [0.3, 0.4) is 0 Å². The van der Waals surface area contributed by atoms with Gasteiger partial charge in [-0.2, -0.15) is 0 Å². The first-order valence-corrected chi connectivity index (χ1v) is 20.7. The Morgan fingerprint density at radius 3 is 1.44 bits per heavy atom. The number of unbranched alkanes of at least 4 members (excludes halogenated alkanes) is 21. The van der Waals surface area contributed by atoms with Crippen molar-refractivity contribution in [2.75, 3.05) is 41.0 Å². The van der Waals surface area contributed by atoms with Crippen LogP contribution in [0.4, 0.5) is 0 Å². The lowest BCUT2D eigenvalue weighted by Crippen LogP contribution is -2.55. The molecule has 0 rings (SSSR count). The third-order valence-electron chi connectivity index (χ3n) is 9.40. The zero-order valence-electron chi connectivity index (χ0n) is 33.3. The molecule has 50 heavy (non-hydrogen) atoms. The number of carbonyl (C=O) groups is 3. The normalized spacial score (nSPS) is 13.1. The first-order valence-electron chi connectivity index (χ1n) is 20.7. The molecule has 8 nitrogen and oxygen atoms in total. The molecule has 2 atom stereocenters. The van der Waals surface area contributed by atoms with Gasteiger partial charge in [-0.3, -0.25) is 9.59 Å². The summed E-state index contributed by atoms with van der Waals surface area (Å²) in [5.41, 5.74) is 0.